The second-order valence-electron chi connectivity index (χ2n) is 6.78. The Morgan fingerprint density at radius 2 is 1.86 bits per heavy atom. The van der Waals surface area contributed by atoms with Crippen molar-refractivity contribution in [1.82, 2.24) is 15.5 Å². The Kier molecular flexibility index (Phi) is 7.38. The quantitative estimate of drug-likeness (QED) is 0.521. The molecule has 8 nitrogen and oxygen atoms in total. The number of carbonyl (C=O) groups excluding carboxylic acids is 2. The van der Waals surface area contributed by atoms with Gasteiger partial charge in [-0.15, -0.1) is 0 Å². The van der Waals surface area contributed by atoms with E-state index in [2.05, 4.69) is 10.6 Å². The lowest BCUT2D eigenvalue weighted by atomic mass is 10.1. The fourth-order valence-electron chi connectivity index (χ4n) is 2.77. The van der Waals surface area contributed by atoms with Crippen LogP contribution in [0.3, 0.4) is 0 Å². The summed E-state index contributed by atoms with van der Waals surface area (Å²) in [7, 11) is 3.63. The largest absolute Gasteiger partial charge is 0.352 e. The van der Waals surface area contributed by atoms with Crippen molar-refractivity contribution in [2.45, 2.75) is 19.0 Å². The van der Waals surface area contributed by atoms with Crippen molar-refractivity contribution >= 4 is 17.5 Å². The molecule has 0 saturated heterocycles. The molecule has 0 spiro atoms. The molecule has 29 heavy (non-hydrogen) atoms. The molecule has 0 fully saturated rings. The maximum atomic E-state index is 13.5. The third kappa shape index (κ3) is 6.08. The summed E-state index contributed by atoms with van der Waals surface area (Å²) in [5.74, 6) is -1.38. The van der Waals surface area contributed by atoms with E-state index in [-0.39, 0.29) is 29.7 Å². The molecule has 0 radical (unpaired) electrons. The molecule has 2 atom stereocenters. The van der Waals surface area contributed by atoms with E-state index in [1.54, 1.807) is 12.1 Å². The standard InChI is InChI=1S/C20H23FN4O4/c1-13(23-20(27)15-7-5-9-17(11-15)25(28)29)19(26)22-12-18(24(2)3)14-6-4-8-16(21)10-14/h4-11,13,18H,12H2,1-3H3,(H,22,26)(H,23,27). The van der Waals surface area contributed by atoms with Gasteiger partial charge in [-0.3, -0.25) is 19.7 Å². The highest BCUT2D eigenvalue weighted by atomic mass is 19.1. The fraction of sp³-hybridized carbons (Fsp3) is 0.300. The van der Waals surface area contributed by atoms with Crippen molar-refractivity contribution in [3.05, 3.63) is 75.6 Å². The van der Waals surface area contributed by atoms with E-state index in [0.29, 0.717) is 5.56 Å². The van der Waals surface area contributed by atoms with Gasteiger partial charge in [-0.25, -0.2) is 4.39 Å². The summed E-state index contributed by atoms with van der Waals surface area (Å²) in [5.41, 5.74) is 0.590. The van der Waals surface area contributed by atoms with Crippen molar-refractivity contribution in [2.24, 2.45) is 0 Å². The normalized spacial score (nSPS) is 12.9. The number of nitro benzene ring substituents is 1. The summed E-state index contributed by atoms with van der Waals surface area (Å²) < 4.78 is 13.5. The topological polar surface area (TPSA) is 105 Å². The van der Waals surface area contributed by atoms with Crippen LogP contribution >= 0.6 is 0 Å². The number of likely N-dealkylation sites (N-methyl/N-ethyl adjacent to an activating group) is 1. The van der Waals surface area contributed by atoms with E-state index in [1.807, 2.05) is 19.0 Å². The molecule has 2 N–H and O–H groups in total. The molecule has 2 amide bonds. The molecule has 2 aromatic rings. The number of nitrogens with one attached hydrogen (secondary N) is 2. The third-order valence-corrected chi connectivity index (χ3v) is 4.39. The summed E-state index contributed by atoms with van der Waals surface area (Å²) in [6, 6.07) is 10.3. The SMILES string of the molecule is CC(NC(=O)c1cccc([N+](=O)[O-])c1)C(=O)NCC(c1cccc(F)c1)N(C)C. The minimum absolute atomic E-state index is 0.0878. The Bertz CT molecular complexity index is 904. The molecule has 2 unspecified atom stereocenters. The van der Waals surface area contributed by atoms with Crippen molar-refractivity contribution < 1.29 is 18.9 Å². The van der Waals surface area contributed by atoms with Crippen molar-refractivity contribution in [1.29, 1.82) is 0 Å². The average Bonchev–Trinajstić information content (AvgIpc) is 2.67. The lowest BCUT2D eigenvalue weighted by Gasteiger charge is -2.26. The van der Waals surface area contributed by atoms with E-state index >= 15 is 0 Å². The first-order chi connectivity index (χ1) is 13.7. The highest BCUT2D eigenvalue weighted by molar-refractivity contribution is 5.97. The summed E-state index contributed by atoms with van der Waals surface area (Å²) in [6.07, 6.45) is 0. The van der Waals surface area contributed by atoms with Gasteiger partial charge in [0.15, 0.2) is 0 Å². The van der Waals surface area contributed by atoms with E-state index in [9.17, 15) is 24.1 Å². The molecule has 0 saturated carbocycles. The number of rotatable bonds is 8. The van der Waals surface area contributed by atoms with E-state index < -0.39 is 22.8 Å². The van der Waals surface area contributed by atoms with Gasteiger partial charge in [-0.1, -0.05) is 18.2 Å². The Morgan fingerprint density at radius 1 is 1.17 bits per heavy atom. The third-order valence-electron chi connectivity index (χ3n) is 4.39. The van der Waals surface area contributed by atoms with E-state index in [4.69, 9.17) is 0 Å². The predicted octanol–water partition coefficient (Wildman–Crippen LogP) is 2.27. The number of carbonyl (C=O) groups is 2. The van der Waals surface area contributed by atoms with Crippen LogP contribution in [0.2, 0.25) is 0 Å². The van der Waals surface area contributed by atoms with Crippen LogP contribution in [-0.2, 0) is 4.79 Å². The molecule has 0 bridgehead atoms. The van der Waals surface area contributed by atoms with Gasteiger partial charge in [0.05, 0.1) is 11.0 Å². The molecule has 2 rings (SSSR count). The number of hydrogen-bond donors (Lipinski definition) is 2. The van der Waals surface area contributed by atoms with Crippen LogP contribution in [-0.4, -0.2) is 48.3 Å². The summed E-state index contributed by atoms with van der Waals surface area (Å²) >= 11 is 0. The van der Waals surface area contributed by atoms with Crippen LogP contribution in [0.5, 0.6) is 0 Å². The highest BCUT2D eigenvalue weighted by Crippen LogP contribution is 2.18. The minimum Gasteiger partial charge on any atom is -0.352 e. The summed E-state index contributed by atoms with van der Waals surface area (Å²) in [4.78, 5) is 36.7. The zero-order valence-corrected chi connectivity index (χ0v) is 16.4. The number of nitrogens with zero attached hydrogens (tertiary/aromatic N) is 2. The first-order valence-electron chi connectivity index (χ1n) is 8.94. The maximum absolute atomic E-state index is 13.5. The van der Waals surface area contributed by atoms with Crippen LogP contribution in [0.1, 0.15) is 28.9 Å². The molecule has 2 aromatic carbocycles. The fourth-order valence-corrected chi connectivity index (χ4v) is 2.77. The van der Waals surface area contributed by atoms with E-state index in [1.165, 1.54) is 37.3 Å². The second-order valence-corrected chi connectivity index (χ2v) is 6.78. The Balaban J connectivity index is 1.98. The van der Waals surface area contributed by atoms with Gasteiger partial charge in [0, 0.05) is 24.2 Å². The number of amides is 2. The predicted molar refractivity (Wildman–Crippen MR) is 106 cm³/mol. The monoisotopic (exact) mass is 402 g/mol. The molecule has 0 heterocycles. The van der Waals surface area contributed by atoms with E-state index in [0.717, 1.165) is 6.07 Å². The Hall–Kier alpha value is -3.33. The van der Waals surface area contributed by atoms with Crippen molar-refractivity contribution in [2.75, 3.05) is 20.6 Å². The Labute approximate surface area is 167 Å². The number of halogens is 1. The van der Waals surface area contributed by atoms with Gasteiger partial charge in [-0.2, -0.15) is 0 Å². The van der Waals surface area contributed by atoms with Gasteiger partial charge in [0.2, 0.25) is 5.91 Å². The maximum Gasteiger partial charge on any atom is 0.270 e. The molecule has 0 aliphatic rings. The first-order valence-corrected chi connectivity index (χ1v) is 8.94. The molecule has 0 aliphatic heterocycles. The smallest absolute Gasteiger partial charge is 0.270 e. The average molecular weight is 402 g/mol. The van der Waals surface area contributed by atoms with Crippen molar-refractivity contribution in [3.8, 4) is 0 Å². The lowest BCUT2D eigenvalue weighted by Crippen LogP contribution is -2.46. The van der Waals surface area contributed by atoms with Crippen LogP contribution in [0, 0.1) is 15.9 Å². The van der Waals surface area contributed by atoms with Crippen LogP contribution in [0.25, 0.3) is 0 Å². The van der Waals surface area contributed by atoms with Gasteiger partial charge in [0.25, 0.3) is 11.6 Å². The van der Waals surface area contributed by atoms with Gasteiger partial charge < -0.3 is 15.5 Å². The van der Waals surface area contributed by atoms with Gasteiger partial charge >= 0.3 is 0 Å². The number of benzene rings is 2. The second kappa shape index (κ2) is 9.74. The minimum atomic E-state index is -0.864. The number of nitro groups is 1. The van der Waals surface area contributed by atoms with Gasteiger partial charge in [0.1, 0.15) is 11.9 Å². The number of non-ortho nitro benzene ring substituents is 1. The van der Waals surface area contributed by atoms with Crippen LogP contribution < -0.4 is 10.6 Å². The molecular formula is C20H23FN4O4. The number of hydrogen-bond acceptors (Lipinski definition) is 5. The van der Waals surface area contributed by atoms with Crippen LogP contribution in [0.15, 0.2) is 48.5 Å². The van der Waals surface area contributed by atoms with Crippen LogP contribution in [0.4, 0.5) is 10.1 Å². The Morgan fingerprint density at radius 3 is 2.48 bits per heavy atom. The lowest BCUT2D eigenvalue weighted by molar-refractivity contribution is -0.384. The molecule has 9 heteroatoms. The highest BCUT2D eigenvalue weighted by Gasteiger charge is 2.21. The van der Waals surface area contributed by atoms with Crippen molar-refractivity contribution in [3.63, 3.8) is 0 Å². The molecule has 154 valence electrons. The summed E-state index contributed by atoms with van der Waals surface area (Å²) in [6.45, 7) is 1.73. The molecule has 0 aromatic heterocycles. The molecule has 0 aliphatic carbocycles. The summed E-state index contributed by atoms with van der Waals surface area (Å²) in [5, 5.41) is 16.1. The first kappa shape index (κ1) is 22.0. The zero-order valence-electron chi connectivity index (χ0n) is 16.4. The zero-order chi connectivity index (χ0) is 21.6. The van der Waals surface area contributed by atoms with Gasteiger partial charge in [-0.05, 0) is 44.8 Å². The molecular weight excluding hydrogens is 379 g/mol.